The summed E-state index contributed by atoms with van der Waals surface area (Å²) in [5.41, 5.74) is 3.46. The van der Waals surface area contributed by atoms with Crippen LogP contribution in [0.15, 0.2) is 69.3 Å². The van der Waals surface area contributed by atoms with E-state index >= 15 is 0 Å². The van der Waals surface area contributed by atoms with Gasteiger partial charge in [0.05, 0.1) is 18.1 Å². The minimum Gasteiger partial charge on any atom is -0.481 e. The number of carboxylic acid groups (broad SMARTS) is 1. The van der Waals surface area contributed by atoms with Gasteiger partial charge >= 0.3 is 11.9 Å². The van der Waals surface area contributed by atoms with E-state index in [1.165, 1.54) is 36.8 Å². The Morgan fingerprint density at radius 2 is 1.64 bits per heavy atom. The molecule has 4 atom stereocenters. The van der Waals surface area contributed by atoms with E-state index in [2.05, 4.69) is 32.1 Å². The first-order valence-corrected chi connectivity index (χ1v) is 14.4. The summed E-state index contributed by atoms with van der Waals surface area (Å²) >= 11 is 10.9. The van der Waals surface area contributed by atoms with Gasteiger partial charge in [-0.1, -0.05) is 92.9 Å². The highest BCUT2D eigenvalue weighted by atomic mass is 35.5. The van der Waals surface area contributed by atoms with Crippen molar-refractivity contribution in [3.63, 3.8) is 0 Å². The summed E-state index contributed by atoms with van der Waals surface area (Å²) in [4.78, 5) is 23.2. The summed E-state index contributed by atoms with van der Waals surface area (Å²) in [7, 11) is 0. The van der Waals surface area contributed by atoms with E-state index in [1.807, 2.05) is 38.1 Å². The Hall–Kier alpha value is -2.50. The van der Waals surface area contributed by atoms with E-state index in [-0.39, 0.29) is 45.7 Å². The molecule has 3 fully saturated rings. The van der Waals surface area contributed by atoms with Gasteiger partial charge in [0.1, 0.15) is 16.9 Å². The molecule has 7 heteroatoms. The lowest BCUT2D eigenvalue weighted by molar-refractivity contribution is -0.147. The van der Waals surface area contributed by atoms with Crippen LogP contribution in [0.5, 0.6) is 0 Å². The highest BCUT2D eigenvalue weighted by molar-refractivity contribution is 6.55. The number of halogens is 2. The molecule has 2 aromatic rings. The molecule has 0 aliphatic heterocycles. The van der Waals surface area contributed by atoms with Crippen molar-refractivity contribution in [2.75, 3.05) is 0 Å². The Morgan fingerprint density at radius 3 is 2.23 bits per heavy atom. The zero-order valence-corrected chi connectivity index (χ0v) is 24.6. The Labute approximate surface area is 241 Å². The molecule has 0 bridgehead atoms. The molecule has 1 heterocycles. The van der Waals surface area contributed by atoms with Crippen molar-refractivity contribution in [1.82, 2.24) is 0 Å². The molecule has 5 rings (SSSR count). The first-order chi connectivity index (χ1) is 18.4. The van der Waals surface area contributed by atoms with Crippen LogP contribution in [0.1, 0.15) is 70.3 Å². The predicted molar refractivity (Wildman–Crippen MR) is 153 cm³/mol. The number of carboxylic acids is 1. The van der Waals surface area contributed by atoms with Crippen LogP contribution in [-0.4, -0.2) is 17.0 Å². The summed E-state index contributed by atoms with van der Waals surface area (Å²) < 4.78 is 11.4. The number of benzene rings is 1. The molecule has 210 valence electrons. The number of hydrogen-bond acceptors (Lipinski definition) is 4. The molecule has 39 heavy (non-hydrogen) atoms. The Morgan fingerprint density at radius 1 is 1.00 bits per heavy atom. The first kappa shape index (κ1) is 29.5. The molecule has 2 unspecified atom stereocenters. The van der Waals surface area contributed by atoms with Crippen LogP contribution in [-0.2, 0) is 27.4 Å². The molecule has 1 aromatic heterocycles. The summed E-state index contributed by atoms with van der Waals surface area (Å²) in [5, 5.41) is 8.76. The molecule has 0 radical (unpaired) electrons. The number of aliphatic carboxylic acids is 1. The van der Waals surface area contributed by atoms with Gasteiger partial charge < -0.3 is 14.3 Å². The lowest BCUT2D eigenvalue weighted by Crippen LogP contribution is -2.10. The van der Waals surface area contributed by atoms with Crippen molar-refractivity contribution in [2.45, 2.75) is 66.4 Å². The Balaban J connectivity index is 0.000000247. The van der Waals surface area contributed by atoms with Crippen LogP contribution in [0.4, 0.5) is 0 Å². The number of furan rings is 1. The SMILES string of the molecule is CC1(C)C(C=C(Cl)Cl)C1C(=O)O.CC1(C)[C@H](C=C2CCCC2)[C@H]1C(=O)OCc1coc(Cc2ccccc2)c1. The number of carbonyl (C=O) groups is 2. The van der Waals surface area contributed by atoms with Gasteiger partial charge in [-0.05, 0) is 66.1 Å². The third-order valence-electron chi connectivity index (χ3n) is 8.62. The van der Waals surface area contributed by atoms with E-state index in [0.29, 0.717) is 5.92 Å². The fourth-order valence-corrected chi connectivity index (χ4v) is 6.19. The molecule has 3 aliphatic carbocycles. The molecule has 3 saturated carbocycles. The minimum absolute atomic E-state index is 0.0127. The number of hydrogen-bond donors (Lipinski definition) is 1. The number of ether oxygens (including phenoxy) is 1. The quantitative estimate of drug-likeness (QED) is 0.254. The maximum absolute atomic E-state index is 12.6. The third kappa shape index (κ3) is 7.18. The van der Waals surface area contributed by atoms with Gasteiger partial charge in [-0.2, -0.15) is 0 Å². The zero-order valence-electron chi connectivity index (χ0n) is 23.1. The predicted octanol–water partition coefficient (Wildman–Crippen LogP) is 8.35. The van der Waals surface area contributed by atoms with Crippen molar-refractivity contribution in [3.8, 4) is 0 Å². The number of allylic oxidation sites excluding steroid dienone is 3. The van der Waals surface area contributed by atoms with Crippen LogP contribution in [0.3, 0.4) is 0 Å². The van der Waals surface area contributed by atoms with Gasteiger partial charge in [-0.3, -0.25) is 9.59 Å². The second kappa shape index (κ2) is 11.9. The van der Waals surface area contributed by atoms with Crippen molar-refractivity contribution in [3.05, 3.63) is 81.8 Å². The molecule has 1 N–H and O–H groups in total. The van der Waals surface area contributed by atoms with Gasteiger partial charge in [-0.25, -0.2) is 0 Å². The maximum Gasteiger partial charge on any atom is 0.310 e. The standard InChI is InChI=1S/C24H28O3.C8H10Cl2O2/c1-24(2)21(14-18-10-6-7-11-18)22(24)23(25)27-16-19-13-20(26-15-19)12-17-8-4-3-5-9-17;1-8(2)4(3-5(9)10)6(8)7(11)12/h3-5,8-9,13-15,21-22H,6-7,10-12,16H2,1-2H3;3-4,6H,1-2H3,(H,11,12)/t21-,22+;/m1./s1. The number of rotatable bonds is 8. The highest BCUT2D eigenvalue weighted by Gasteiger charge is 2.62. The second-order valence-electron chi connectivity index (χ2n) is 12.2. The van der Waals surface area contributed by atoms with Crippen LogP contribution in [0.25, 0.3) is 0 Å². The van der Waals surface area contributed by atoms with Crippen LogP contribution in [0, 0.1) is 34.5 Å². The monoisotopic (exact) mass is 572 g/mol. The summed E-state index contributed by atoms with van der Waals surface area (Å²) in [6, 6.07) is 12.2. The van der Waals surface area contributed by atoms with Crippen LogP contribution < -0.4 is 0 Å². The van der Waals surface area contributed by atoms with E-state index in [1.54, 1.807) is 12.3 Å². The smallest absolute Gasteiger partial charge is 0.310 e. The number of carbonyl (C=O) groups excluding carboxylic acids is 1. The Bertz CT molecular complexity index is 1230. The molecular formula is C32H38Cl2O5. The fraction of sp³-hybridized carbons (Fsp3) is 0.500. The van der Waals surface area contributed by atoms with Crippen LogP contribution >= 0.6 is 23.2 Å². The van der Waals surface area contributed by atoms with Crippen molar-refractivity contribution < 1.29 is 23.8 Å². The lowest BCUT2D eigenvalue weighted by atomic mass is 10.1. The Kier molecular flexibility index (Phi) is 9.02. The third-order valence-corrected chi connectivity index (χ3v) is 8.87. The molecule has 0 amide bonds. The van der Waals surface area contributed by atoms with Crippen molar-refractivity contribution in [2.24, 2.45) is 34.5 Å². The number of esters is 1. The molecule has 1 aromatic carbocycles. The zero-order chi connectivity index (χ0) is 28.4. The summed E-state index contributed by atoms with van der Waals surface area (Å²) in [6.07, 6.45) is 11.4. The largest absolute Gasteiger partial charge is 0.481 e. The van der Waals surface area contributed by atoms with Crippen molar-refractivity contribution in [1.29, 1.82) is 0 Å². The van der Waals surface area contributed by atoms with Gasteiger partial charge in [0.2, 0.25) is 0 Å². The molecular weight excluding hydrogens is 535 g/mol. The van der Waals surface area contributed by atoms with Crippen LogP contribution in [0.2, 0.25) is 0 Å². The van der Waals surface area contributed by atoms with Gasteiger partial charge in [-0.15, -0.1) is 0 Å². The topological polar surface area (TPSA) is 76.7 Å². The lowest BCUT2D eigenvalue weighted by Gasteiger charge is -2.03. The van der Waals surface area contributed by atoms with Gasteiger partial charge in [0.25, 0.3) is 0 Å². The van der Waals surface area contributed by atoms with E-state index in [9.17, 15) is 9.59 Å². The minimum atomic E-state index is -0.782. The molecule has 0 spiro atoms. The molecule has 5 nitrogen and oxygen atoms in total. The normalized spacial score (nSPS) is 25.6. The summed E-state index contributed by atoms with van der Waals surface area (Å²) in [5.74, 6) is -0.0216. The second-order valence-corrected chi connectivity index (χ2v) is 13.2. The average Bonchev–Trinajstić information content (AvgIpc) is 3.32. The first-order valence-electron chi connectivity index (χ1n) is 13.6. The van der Waals surface area contributed by atoms with E-state index < -0.39 is 5.97 Å². The van der Waals surface area contributed by atoms with E-state index in [4.69, 9.17) is 37.5 Å². The maximum atomic E-state index is 12.6. The average molecular weight is 574 g/mol. The summed E-state index contributed by atoms with van der Waals surface area (Å²) in [6.45, 7) is 8.41. The highest BCUT2D eigenvalue weighted by Crippen LogP contribution is 2.60. The molecule has 3 aliphatic rings. The molecule has 0 saturated heterocycles. The fourth-order valence-electron chi connectivity index (χ4n) is 5.92. The van der Waals surface area contributed by atoms with Crippen molar-refractivity contribution >= 4 is 35.1 Å². The van der Waals surface area contributed by atoms with Gasteiger partial charge in [0, 0.05) is 12.0 Å². The van der Waals surface area contributed by atoms with Gasteiger partial charge in [0.15, 0.2) is 0 Å². The van der Waals surface area contributed by atoms with E-state index in [0.717, 1.165) is 17.7 Å².